The van der Waals surface area contributed by atoms with E-state index in [9.17, 15) is 9.59 Å². The van der Waals surface area contributed by atoms with E-state index < -0.39 is 0 Å². The summed E-state index contributed by atoms with van der Waals surface area (Å²) in [7, 11) is 0. The number of aromatic nitrogens is 2. The molecule has 1 aromatic carbocycles. The number of piperidine rings is 1. The number of benzene rings is 1. The molecule has 0 saturated carbocycles. The summed E-state index contributed by atoms with van der Waals surface area (Å²) in [6, 6.07) is 4.57. The van der Waals surface area contributed by atoms with Gasteiger partial charge < -0.3 is 19.9 Å². The summed E-state index contributed by atoms with van der Waals surface area (Å²) < 4.78 is 8.37. The van der Waals surface area contributed by atoms with Crippen LogP contribution in [0, 0.1) is 0 Å². The molecule has 3 aliphatic rings. The lowest BCUT2D eigenvalue weighted by atomic mass is 9.92. The summed E-state index contributed by atoms with van der Waals surface area (Å²) in [5, 5.41) is 8.08. The van der Waals surface area contributed by atoms with E-state index in [1.807, 2.05) is 28.1 Å². The SMILES string of the molecule is CC(=O)N1c2ccc(-c3cnn(C4CCNCC4)c3)c(OCC(=O)N3CCCC3)c2CCC1C. The Kier molecular flexibility index (Phi) is 6.59. The Hall–Kier alpha value is -2.87. The average Bonchev–Trinajstić information content (AvgIpc) is 3.55. The number of hydrogen-bond acceptors (Lipinski definition) is 5. The van der Waals surface area contributed by atoms with Crippen molar-refractivity contribution in [3.05, 3.63) is 30.1 Å². The van der Waals surface area contributed by atoms with Crippen LogP contribution >= 0.6 is 0 Å². The highest BCUT2D eigenvalue weighted by molar-refractivity contribution is 5.95. The van der Waals surface area contributed by atoms with Crippen molar-refractivity contribution >= 4 is 17.5 Å². The van der Waals surface area contributed by atoms with Crippen molar-refractivity contribution in [2.45, 2.75) is 64.5 Å². The van der Waals surface area contributed by atoms with Crippen molar-refractivity contribution in [3.63, 3.8) is 0 Å². The first-order valence-corrected chi connectivity index (χ1v) is 12.6. The van der Waals surface area contributed by atoms with Gasteiger partial charge in [0.15, 0.2) is 6.61 Å². The standard InChI is InChI=1S/C26H35N5O3/c1-18-5-6-23-24(31(18)19(2)32)8-7-22(26(23)34-17-25(33)29-13-3-4-14-29)20-15-28-30(16-20)21-9-11-27-12-10-21/h7-8,15-16,18,21,27H,3-6,9-14,17H2,1-2H3. The Morgan fingerprint density at radius 3 is 2.65 bits per heavy atom. The lowest BCUT2D eigenvalue weighted by molar-refractivity contribution is -0.132. The third kappa shape index (κ3) is 4.43. The van der Waals surface area contributed by atoms with E-state index >= 15 is 0 Å². The van der Waals surface area contributed by atoms with Crippen LogP contribution < -0.4 is 15.0 Å². The Balaban J connectivity index is 1.50. The number of likely N-dealkylation sites (tertiary alicyclic amines) is 1. The number of anilines is 1. The number of fused-ring (bicyclic) bond motifs is 1. The summed E-state index contributed by atoms with van der Waals surface area (Å²) in [5.41, 5.74) is 3.82. The van der Waals surface area contributed by atoms with Gasteiger partial charge in [0.25, 0.3) is 5.91 Å². The van der Waals surface area contributed by atoms with Gasteiger partial charge in [0.05, 0.1) is 17.9 Å². The van der Waals surface area contributed by atoms with Gasteiger partial charge in [-0.1, -0.05) is 0 Å². The third-order valence-electron chi connectivity index (χ3n) is 7.48. The molecule has 2 aromatic rings. The molecule has 0 spiro atoms. The molecule has 0 radical (unpaired) electrons. The molecule has 2 saturated heterocycles. The topological polar surface area (TPSA) is 79.7 Å². The smallest absolute Gasteiger partial charge is 0.260 e. The highest BCUT2D eigenvalue weighted by atomic mass is 16.5. The average molecular weight is 466 g/mol. The predicted molar refractivity (Wildman–Crippen MR) is 131 cm³/mol. The lowest BCUT2D eigenvalue weighted by Crippen LogP contribution is -2.41. The molecule has 1 N–H and O–H groups in total. The lowest BCUT2D eigenvalue weighted by Gasteiger charge is -2.36. The van der Waals surface area contributed by atoms with Gasteiger partial charge in [0, 0.05) is 48.9 Å². The van der Waals surface area contributed by atoms with E-state index in [0.29, 0.717) is 11.8 Å². The van der Waals surface area contributed by atoms with Crippen LogP contribution in [0.3, 0.4) is 0 Å². The third-order valence-corrected chi connectivity index (χ3v) is 7.48. The van der Waals surface area contributed by atoms with Crippen LogP contribution in [-0.2, 0) is 16.0 Å². The Bertz CT molecular complexity index is 1050. The second kappa shape index (κ2) is 9.78. The maximum Gasteiger partial charge on any atom is 0.260 e. The van der Waals surface area contributed by atoms with E-state index in [0.717, 1.165) is 87.1 Å². The molecule has 3 aliphatic heterocycles. The first-order valence-electron chi connectivity index (χ1n) is 12.6. The van der Waals surface area contributed by atoms with Crippen molar-refractivity contribution in [2.24, 2.45) is 0 Å². The molecule has 1 aromatic heterocycles. The maximum atomic E-state index is 12.8. The molecule has 8 heteroatoms. The molecule has 5 rings (SSSR count). The number of nitrogens with one attached hydrogen (secondary N) is 1. The molecule has 2 fully saturated rings. The molecule has 34 heavy (non-hydrogen) atoms. The van der Waals surface area contributed by atoms with Gasteiger partial charge >= 0.3 is 0 Å². The van der Waals surface area contributed by atoms with E-state index in [1.165, 1.54) is 0 Å². The monoisotopic (exact) mass is 465 g/mol. The van der Waals surface area contributed by atoms with Gasteiger partial charge in [-0.2, -0.15) is 5.10 Å². The van der Waals surface area contributed by atoms with E-state index in [1.54, 1.807) is 6.92 Å². The molecule has 8 nitrogen and oxygen atoms in total. The zero-order valence-electron chi connectivity index (χ0n) is 20.3. The van der Waals surface area contributed by atoms with Gasteiger partial charge in [0.2, 0.25) is 5.91 Å². The van der Waals surface area contributed by atoms with E-state index in [-0.39, 0.29) is 24.5 Å². The van der Waals surface area contributed by atoms with Gasteiger partial charge in [-0.25, -0.2) is 0 Å². The van der Waals surface area contributed by atoms with Gasteiger partial charge in [-0.05, 0) is 70.7 Å². The number of carbonyl (C=O) groups is 2. The van der Waals surface area contributed by atoms with Crippen molar-refractivity contribution < 1.29 is 14.3 Å². The highest BCUT2D eigenvalue weighted by Gasteiger charge is 2.31. The van der Waals surface area contributed by atoms with Gasteiger partial charge in [0.1, 0.15) is 5.75 Å². The number of hydrogen-bond donors (Lipinski definition) is 1. The predicted octanol–water partition coefficient (Wildman–Crippen LogP) is 3.16. The Morgan fingerprint density at radius 2 is 1.91 bits per heavy atom. The number of amides is 2. The van der Waals surface area contributed by atoms with Crippen molar-refractivity contribution in [3.8, 4) is 16.9 Å². The fourth-order valence-corrected chi connectivity index (χ4v) is 5.62. The number of ether oxygens (including phenoxy) is 1. The largest absolute Gasteiger partial charge is 0.483 e. The molecular weight excluding hydrogens is 430 g/mol. The number of nitrogens with zero attached hydrogens (tertiary/aromatic N) is 4. The molecule has 1 atom stereocenters. The summed E-state index contributed by atoms with van der Waals surface area (Å²) in [6.07, 6.45) is 9.89. The summed E-state index contributed by atoms with van der Waals surface area (Å²) >= 11 is 0. The summed E-state index contributed by atoms with van der Waals surface area (Å²) in [5.74, 6) is 0.770. The Morgan fingerprint density at radius 1 is 1.15 bits per heavy atom. The fraction of sp³-hybridized carbons (Fsp3) is 0.577. The van der Waals surface area contributed by atoms with Crippen LogP contribution in [0.4, 0.5) is 5.69 Å². The molecule has 0 bridgehead atoms. The first kappa shape index (κ1) is 22.9. The zero-order valence-corrected chi connectivity index (χ0v) is 20.3. The second-order valence-corrected chi connectivity index (χ2v) is 9.78. The summed E-state index contributed by atoms with van der Waals surface area (Å²) in [6.45, 7) is 7.33. The van der Waals surface area contributed by atoms with Crippen LogP contribution in [0.15, 0.2) is 24.5 Å². The van der Waals surface area contributed by atoms with Crippen molar-refractivity contribution in [2.75, 3.05) is 37.7 Å². The van der Waals surface area contributed by atoms with E-state index in [2.05, 4.69) is 28.2 Å². The van der Waals surface area contributed by atoms with Crippen molar-refractivity contribution in [1.82, 2.24) is 20.0 Å². The second-order valence-electron chi connectivity index (χ2n) is 9.78. The molecule has 2 amide bonds. The molecular formula is C26H35N5O3. The van der Waals surface area contributed by atoms with Gasteiger partial charge in [-0.15, -0.1) is 0 Å². The fourth-order valence-electron chi connectivity index (χ4n) is 5.62. The molecule has 1 unspecified atom stereocenters. The normalized spacial score (nSPS) is 20.9. The first-order chi connectivity index (χ1) is 16.5. The molecule has 182 valence electrons. The van der Waals surface area contributed by atoms with Crippen LogP contribution in [0.2, 0.25) is 0 Å². The maximum absolute atomic E-state index is 12.8. The quantitative estimate of drug-likeness (QED) is 0.734. The van der Waals surface area contributed by atoms with Crippen LogP contribution in [0.25, 0.3) is 11.1 Å². The molecule has 0 aliphatic carbocycles. The zero-order chi connectivity index (χ0) is 23.7. The van der Waals surface area contributed by atoms with Crippen molar-refractivity contribution in [1.29, 1.82) is 0 Å². The van der Waals surface area contributed by atoms with Crippen LogP contribution in [0.1, 0.15) is 57.6 Å². The Labute approximate surface area is 201 Å². The highest BCUT2D eigenvalue weighted by Crippen LogP contribution is 2.43. The van der Waals surface area contributed by atoms with Gasteiger partial charge in [-0.3, -0.25) is 14.3 Å². The molecule has 4 heterocycles. The number of carbonyl (C=O) groups excluding carboxylic acids is 2. The minimum Gasteiger partial charge on any atom is -0.483 e. The minimum atomic E-state index is 0.0154. The van der Waals surface area contributed by atoms with Crippen LogP contribution in [0.5, 0.6) is 5.75 Å². The number of rotatable bonds is 5. The minimum absolute atomic E-state index is 0.0154. The summed E-state index contributed by atoms with van der Waals surface area (Å²) in [4.78, 5) is 29.0. The van der Waals surface area contributed by atoms with Crippen LogP contribution in [-0.4, -0.2) is 65.3 Å². The van der Waals surface area contributed by atoms with E-state index in [4.69, 9.17) is 4.74 Å².